The molecule has 31 heavy (non-hydrogen) atoms. The summed E-state index contributed by atoms with van der Waals surface area (Å²) in [4.78, 5) is 33.8. The molecule has 2 aliphatic rings. The minimum atomic E-state index is -0.543. The predicted molar refractivity (Wildman–Crippen MR) is 119 cm³/mol. The molecule has 5 rings (SSSR count). The third-order valence-electron chi connectivity index (χ3n) is 6.32. The van der Waals surface area contributed by atoms with E-state index in [1.54, 1.807) is 0 Å². The lowest BCUT2D eigenvalue weighted by Gasteiger charge is -2.41. The highest BCUT2D eigenvalue weighted by Gasteiger charge is 2.45. The molecule has 3 aromatic rings. The second-order valence-electron chi connectivity index (χ2n) is 8.32. The molecule has 1 fully saturated rings. The van der Waals surface area contributed by atoms with Crippen LogP contribution in [-0.4, -0.2) is 26.3 Å². The van der Waals surface area contributed by atoms with E-state index in [9.17, 15) is 9.59 Å². The highest BCUT2D eigenvalue weighted by atomic mass is 16.2. The van der Waals surface area contributed by atoms with Gasteiger partial charge in [0, 0.05) is 35.1 Å². The van der Waals surface area contributed by atoms with E-state index in [-0.39, 0.29) is 11.8 Å². The molecule has 0 bridgehead atoms. The van der Waals surface area contributed by atoms with Crippen LogP contribution in [-0.2, 0) is 21.7 Å². The lowest BCUT2D eigenvalue weighted by atomic mass is 9.79. The number of amides is 2. The van der Waals surface area contributed by atoms with E-state index in [4.69, 9.17) is 4.98 Å². The lowest BCUT2D eigenvalue weighted by Crippen LogP contribution is -2.54. The average Bonchev–Trinajstić information content (AvgIpc) is 3.17. The van der Waals surface area contributed by atoms with Gasteiger partial charge in [0.1, 0.15) is 11.2 Å². The van der Waals surface area contributed by atoms with Gasteiger partial charge in [-0.25, -0.2) is 4.98 Å². The van der Waals surface area contributed by atoms with Gasteiger partial charge in [-0.15, -0.1) is 0 Å². The van der Waals surface area contributed by atoms with Crippen LogP contribution in [0.5, 0.6) is 0 Å². The largest absolute Gasteiger partial charge is 0.348 e. The number of benzene rings is 1. The summed E-state index contributed by atoms with van der Waals surface area (Å²) in [5, 5.41) is 10.1. The van der Waals surface area contributed by atoms with Gasteiger partial charge in [0.05, 0.1) is 6.54 Å². The van der Waals surface area contributed by atoms with Gasteiger partial charge in [-0.3, -0.25) is 9.59 Å². The summed E-state index contributed by atoms with van der Waals surface area (Å²) in [6, 6.07) is 9.52. The van der Waals surface area contributed by atoms with Gasteiger partial charge in [-0.1, -0.05) is 26.2 Å². The quantitative estimate of drug-likeness (QED) is 0.598. The zero-order valence-corrected chi connectivity index (χ0v) is 17.6. The summed E-state index contributed by atoms with van der Waals surface area (Å²) in [7, 11) is 0. The normalized spacial score (nSPS) is 17.3. The highest BCUT2D eigenvalue weighted by Crippen LogP contribution is 2.41. The molecular weight excluding hydrogens is 392 g/mol. The molecule has 0 unspecified atom stereocenters. The van der Waals surface area contributed by atoms with E-state index in [0.717, 1.165) is 53.8 Å². The van der Waals surface area contributed by atoms with Gasteiger partial charge in [-0.2, -0.15) is 4.98 Å². The maximum atomic E-state index is 13.0. The van der Waals surface area contributed by atoms with Crippen molar-refractivity contribution >= 4 is 40.2 Å². The van der Waals surface area contributed by atoms with E-state index >= 15 is 0 Å². The molecule has 1 saturated carbocycles. The van der Waals surface area contributed by atoms with E-state index in [2.05, 4.69) is 31.6 Å². The fourth-order valence-corrected chi connectivity index (χ4v) is 4.75. The Hall–Kier alpha value is -3.42. The van der Waals surface area contributed by atoms with Crippen molar-refractivity contribution in [3.8, 4) is 0 Å². The van der Waals surface area contributed by atoms with E-state index in [0.29, 0.717) is 18.9 Å². The second kappa shape index (κ2) is 7.68. The van der Waals surface area contributed by atoms with Crippen LogP contribution in [0.15, 0.2) is 36.5 Å². The van der Waals surface area contributed by atoms with Gasteiger partial charge in [0.2, 0.25) is 17.8 Å². The number of nitrogens with one attached hydrogen (secondary N) is 3. The van der Waals surface area contributed by atoms with Gasteiger partial charge in [-0.05, 0) is 43.2 Å². The number of nitrogens with zero attached hydrogens (tertiary/aromatic N) is 3. The maximum absolute atomic E-state index is 13.0. The topological polar surface area (TPSA) is 101 Å². The molecule has 8 heteroatoms. The summed E-state index contributed by atoms with van der Waals surface area (Å²) >= 11 is 0. The molecule has 1 aromatic carbocycles. The van der Waals surface area contributed by atoms with Gasteiger partial charge in [0.15, 0.2) is 0 Å². The average molecular weight is 419 g/mol. The first-order valence-corrected chi connectivity index (χ1v) is 10.9. The molecule has 0 atom stereocenters. The van der Waals surface area contributed by atoms with Crippen molar-refractivity contribution in [2.24, 2.45) is 0 Å². The smallest absolute Gasteiger partial charge is 0.246 e. The molecule has 0 saturated heterocycles. The molecule has 2 amide bonds. The Morgan fingerprint density at radius 2 is 1.90 bits per heavy atom. The molecule has 1 aliphatic heterocycles. The summed E-state index contributed by atoms with van der Waals surface area (Å²) in [6.07, 6.45) is 7.19. The minimum Gasteiger partial charge on any atom is -0.348 e. The number of rotatable bonds is 4. The third-order valence-corrected chi connectivity index (χ3v) is 6.32. The monoisotopic (exact) mass is 418 g/mol. The molecule has 2 aromatic heterocycles. The molecule has 0 radical (unpaired) electrons. The highest BCUT2D eigenvalue weighted by molar-refractivity contribution is 5.91. The first-order chi connectivity index (χ1) is 15.1. The summed E-state index contributed by atoms with van der Waals surface area (Å²) in [6.45, 7) is 2.34. The van der Waals surface area contributed by atoms with E-state index in [1.807, 2.05) is 37.4 Å². The fraction of sp³-hybridized carbons (Fsp3) is 0.391. The number of aromatic nitrogens is 3. The molecule has 1 spiro atoms. The Balaban J connectivity index is 1.47. The number of anilines is 3. The van der Waals surface area contributed by atoms with Crippen molar-refractivity contribution in [3.05, 3.63) is 42.2 Å². The van der Waals surface area contributed by atoms with Gasteiger partial charge < -0.3 is 20.5 Å². The summed E-state index contributed by atoms with van der Waals surface area (Å²) in [5.74, 6) is 0.568. The Morgan fingerprint density at radius 1 is 1.16 bits per heavy atom. The number of fused-ring (bicyclic) bond motifs is 4. The molecule has 8 nitrogen and oxygen atoms in total. The standard InChI is InChI=1S/C23H26N6O2/c1-2-19(30)26-16-6-8-17(9-7-16)27-22-25-13-15-12-18-14-24-21(31)23(10-4-3-5-11-23)29(18)20(15)28-22/h6-9,12-13H,2-5,10-11,14H2,1H3,(H,24,31)(H,26,30)(H,25,27,28). The fourth-order valence-electron chi connectivity index (χ4n) is 4.75. The van der Waals surface area contributed by atoms with Crippen molar-refractivity contribution in [2.45, 2.75) is 57.5 Å². The Bertz CT molecular complexity index is 1140. The van der Waals surface area contributed by atoms with Crippen LogP contribution in [0, 0.1) is 0 Å². The van der Waals surface area contributed by atoms with Crippen LogP contribution < -0.4 is 16.0 Å². The van der Waals surface area contributed by atoms with Crippen LogP contribution in [0.4, 0.5) is 17.3 Å². The van der Waals surface area contributed by atoms with Crippen LogP contribution in [0.1, 0.15) is 51.1 Å². The number of hydrogen-bond donors (Lipinski definition) is 3. The van der Waals surface area contributed by atoms with Crippen LogP contribution in [0.2, 0.25) is 0 Å². The minimum absolute atomic E-state index is 0.0202. The maximum Gasteiger partial charge on any atom is 0.246 e. The predicted octanol–water partition coefficient (Wildman–Crippen LogP) is 3.81. The first kappa shape index (κ1) is 19.5. The van der Waals surface area contributed by atoms with Crippen molar-refractivity contribution in [3.63, 3.8) is 0 Å². The molecule has 3 heterocycles. The van der Waals surface area contributed by atoms with Gasteiger partial charge >= 0.3 is 0 Å². The zero-order valence-electron chi connectivity index (χ0n) is 17.6. The van der Waals surface area contributed by atoms with E-state index < -0.39 is 5.54 Å². The summed E-state index contributed by atoms with van der Waals surface area (Å²) in [5.41, 5.74) is 2.91. The van der Waals surface area contributed by atoms with E-state index in [1.165, 1.54) is 6.42 Å². The Kier molecular flexibility index (Phi) is 4.84. The van der Waals surface area contributed by atoms with Crippen molar-refractivity contribution in [1.82, 2.24) is 19.9 Å². The SMILES string of the molecule is CCC(=O)Nc1ccc(Nc2ncc3cc4n(c3n2)C2(CCCCC2)C(=O)NC4)cc1. The molecular formula is C23H26N6O2. The Morgan fingerprint density at radius 3 is 2.65 bits per heavy atom. The second-order valence-corrected chi connectivity index (χ2v) is 8.32. The van der Waals surface area contributed by atoms with Crippen molar-refractivity contribution < 1.29 is 9.59 Å². The van der Waals surface area contributed by atoms with Gasteiger partial charge in [0.25, 0.3) is 0 Å². The van der Waals surface area contributed by atoms with Crippen molar-refractivity contribution in [2.75, 3.05) is 10.6 Å². The summed E-state index contributed by atoms with van der Waals surface area (Å²) < 4.78 is 2.16. The third kappa shape index (κ3) is 3.41. The number of carbonyl (C=O) groups excluding carboxylic acids is 2. The molecule has 3 N–H and O–H groups in total. The first-order valence-electron chi connectivity index (χ1n) is 10.9. The lowest BCUT2D eigenvalue weighted by molar-refractivity contribution is -0.133. The van der Waals surface area contributed by atoms with Crippen LogP contribution >= 0.6 is 0 Å². The number of hydrogen-bond acceptors (Lipinski definition) is 5. The molecule has 160 valence electrons. The Labute approximate surface area is 180 Å². The van der Waals surface area contributed by atoms with Crippen LogP contribution in [0.25, 0.3) is 11.0 Å². The number of carbonyl (C=O) groups is 2. The zero-order chi connectivity index (χ0) is 21.4. The molecule has 1 aliphatic carbocycles. The van der Waals surface area contributed by atoms with Crippen molar-refractivity contribution in [1.29, 1.82) is 0 Å². The van der Waals surface area contributed by atoms with Crippen LogP contribution in [0.3, 0.4) is 0 Å².